The summed E-state index contributed by atoms with van der Waals surface area (Å²) in [5, 5.41) is 0. The van der Waals surface area contributed by atoms with E-state index >= 15 is 0 Å². The first kappa shape index (κ1) is 9.05. The molecule has 0 unspecified atom stereocenters. The fourth-order valence-corrected chi connectivity index (χ4v) is 0.540. The van der Waals surface area contributed by atoms with Crippen molar-refractivity contribution in [2.45, 2.75) is 20.0 Å². The third-order valence-electron chi connectivity index (χ3n) is 0.798. The second-order valence-electron chi connectivity index (χ2n) is 2.04. The van der Waals surface area contributed by atoms with Gasteiger partial charge in [0.1, 0.15) is 0 Å². The first-order valence-corrected chi connectivity index (χ1v) is 3.78. The van der Waals surface area contributed by atoms with Crippen molar-refractivity contribution < 1.29 is 4.74 Å². The largest absolute Gasteiger partial charge is 0.375 e. The Bertz CT molecular complexity index is 79.0. The standard InChI is InChI=1S/C7H14OS/c1-7(2)8-5-3-4-6-9/h3-4,7,9H,5-6H2,1-2H3. The lowest BCUT2D eigenvalue weighted by molar-refractivity contribution is 0.102. The van der Waals surface area contributed by atoms with Gasteiger partial charge in [0.05, 0.1) is 12.7 Å². The van der Waals surface area contributed by atoms with Gasteiger partial charge in [-0.3, -0.25) is 0 Å². The van der Waals surface area contributed by atoms with Gasteiger partial charge in [0.15, 0.2) is 0 Å². The maximum absolute atomic E-state index is 5.22. The van der Waals surface area contributed by atoms with Gasteiger partial charge in [-0.25, -0.2) is 0 Å². The van der Waals surface area contributed by atoms with Gasteiger partial charge in [-0.15, -0.1) is 0 Å². The van der Waals surface area contributed by atoms with Gasteiger partial charge in [-0.2, -0.15) is 12.6 Å². The summed E-state index contributed by atoms with van der Waals surface area (Å²) in [6.45, 7) is 4.75. The summed E-state index contributed by atoms with van der Waals surface area (Å²) < 4.78 is 5.22. The molecule has 54 valence electrons. The maximum atomic E-state index is 5.22. The lowest BCUT2D eigenvalue weighted by atomic mass is 10.5. The molecule has 0 atom stereocenters. The normalized spacial score (nSPS) is 11.6. The molecule has 0 aliphatic carbocycles. The van der Waals surface area contributed by atoms with E-state index in [0.29, 0.717) is 12.7 Å². The van der Waals surface area contributed by atoms with Crippen LogP contribution in [0.2, 0.25) is 0 Å². The van der Waals surface area contributed by atoms with E-state index in [1.807, 2.05) is 26.0 Å². The van der Waals surface area contributed by atoms with Crippen molar-refractivity contribution in [2.75, 3.05) is 12.4 Å². The predicted octanol–water partition coefficient (Wildman–Crippen LogP) is 1.90. The highest BCUT2D eigenvalue weighted by Crippen LogP contribution is 1.87. The Hall–Kier alpha value is 0.0500. The molecule has 0 spiro atoms. The molecule has 0 bridgehead atoms. The van der Waals surface area contributed by atoms with E-state index < -0.39 is 0 Å². The van der Waals surface area contributed by atoms with Gasteiger partial charge < -0.3 is 4.74 Å². The first-order valence-electron chi connectivity index (χ1n) is 3.15. The molecule has 0 heterocycles. The minimum atomic E-state index is 0.328. The van der Waals surface area contributed by atoms with Crippen LogP contribution in [0.4, 0.5) is 0 Å². The average Bonchev–Trinajstić information content (AvgIpc) is 1.80. The Balaban J connectivity index is 2.99. The highest BCUT2D eigenvalue weighted by molar-refractivity contribution is 7.80. The monoisotopic (exact) mass is 146 g/mol. The molecule has 0 saturated carbocycles. The lowest BCUT2D eigenvalue weighted by Gasteiger charge is -2.01. The molecular formula is C7H14OS. The van der Waals surface area contributed by atoms with Crippen LogP contribution in [0.5, 0.6) is 0 Å². The van der Waals surface area contributed by atoms with Crippen molar-refractivity contribution in [3.05, 3.63) is 12.2 Å². The van der Waals surface area contributed by atoms with Crippen molar-refractivity contribution in [3.8, 4) is 0 Å². The summed E-state index contributed by atoms with van der Waals surface area (Å²) in [6, 6.07) is 0. The van der Waals surface area contributed by atoms with Gasteiger partial charge in [-0.05, 0) is 13.8 Å². The molecule has 0 amide bonds. The van der Waals surface area contributed by atoms with Crippen molar-refractivity contribution in [3.63, 3.8) is 0 Å². The highest BCUT2D eigenvalue weighted by atomic mass is 32.1. The Morgan fingerprint density at radius 3 is 2.56 bits per heavy atom. The molecule has 0 aromatic heterocycles. The molecule has 0 aromatic rings. The fourth-order valence-electron chi connectivity index (χ4n) is 0.391. The van der Waals surface area contributed by atoms with Gasteiger partial charge in [0.2, 0.25) is 0 Å². The third-order valence-corrected chi connectivity index (χ3v) is 1.01. The summed E-state index contributed by atoms with van der Waals surface area (Å²) in [4.78, 5) is 0. The van der Waals surface area contributed by atoms with Crippen LogP contribution in [0, 0.1) is 0 Å². The summed E-state index contributed by atoms with van der Waals surface area (Å²) in [7, 11) is 0. The first-order chi connectivity index (χ1) is 4.27. The van der Waals surface area contributed by atoms with E-state index in [9.17, 15) is 0 Å². The summed E-state index contributed by atoms with van der Waals surface area (Å²) in [6.07, 6.45) is 4.29. The molecule has 0 aliphatic rings. The smallest absolute Gasteiger partial charge is 0.0651 e. The zero-order chi connectivity index (χ0) is 7.11. The van der Waals surface area contributed by atoms with Crippen LogP contribution >= 0.6 is 12.6 Å². The fraction of sp³-hybridized carbons (Fsp3) is 0.714. The van der Waals surface area contributed by atoms with Crippen LogP contribution in [0.3, 0.4) is 0 Å². The van der Waals surface area contributed by atoms with E-state index in [2.05, 4.69) is 12.6 Å². The average molecular weight is 146 g/mol. The molecule has 2 heteroatoms. The van der Waals surface area contributed by atoms with Gasteiger partial charge >= 0.3 is 0 Å². The molecule has 9 heavy (non-hydrogen) atoms. The van der Waals surface area contributed by atoms with Crippen LogP contribution in [0.25, 0.3) is 0 Å². The quantitative estimate of drug-likeness (QED) is 0.471. The zero-order valence-corrected chi connectivity index (χ0v) is 6.90. The maximum Gasteiger partial charge on any atom is 0.0651 e. The van der Waals surface area contributed by atoms with Crippen LogP contribution < -0.4 is 0 Å². The van der Waals surface area contributed by atoms with E-state index in [0.717, 1.165) is 5.75 Å². The summed E-state index contributed by atoms with van der Waals surface area (Å²) in [5.74, 6) is 0.793. The van der Waals surface area contributed by atoms with Crippen LogP contribution in [-0.4, -0.2) is 18.5 Å². The van der Waals surface area contributed by atoms with Crippen molar-refractivity contribution in [2.24, 2.45) is 0 Å². The molecule has 1 nitrogen and oxygen atoms in total. The molecule has 0 aliphatic heterocycles. The van der Waals surface area contributed by atoms with Gasteiger partial charge in [-0.1, -0.05) is 12.2 Å². The second-order valence-corrected chi connectivity index (χ2v) is 2.40. The summed E-state index contributed by atoms with van der Waals surface area (Å²) in [5.41, 5.74) is 0. The molecule has 0 rings (SSSR count). The lowest BCUT2D eigenvalue weighted by Crippen LogP contribution is -2.01. The van der Waals surface area contributed by atoms with E-state index in [4.69, 9.17) is 4.74 Å². The predicted molar refractivity (Wildman–Crippen MR) is 44.1 cm³/mol. The molecule has 0 radical (unpaired) electrons. The topological polar surface area (TPSA) is 9.23 Å². The molecular weight excluding hydrogens is 132 g/mol. The van der Waals surface area contributed by atoms with Gasteiger partial charge in [0.25, 0.3) is 0 Å². The van der Waals surface area contributed by atoms with Crippen LogP contribution in [0.15, 0.2) is 12.2 Å². The van der Waals surface area contributed by atoms with Gasteiger partial charge in [0, 0.05) is 5.75 Å². The molecule has 0 aromatic carbocycles. The number of rotatable bonds is 4. The van der Waals surface area contributed by atoms with E-state index in [1.165, 1.54) is 0 Å². The number of hydrogen-bond donors (Lipinski definition) is 1. The van der Waals surface area contributed by atoms with E-state index in [-0.39, 0.29) is 0 Å². The minimum absolute atomic E-state index is 0.328. The van der Waals surface area contributed by atoms with Crippen LogP contribution in [-0.2, 0) is 4.74 Å². The van der Waals surface area contributed by atoms with Crippen LogP contribution in [0.1, 0.15) is 13.8 Å². The molecule has 0 N–H and O–H groups in total. The third kappa shape index (κ3) is 8.05. The molecule has 0 saturated heterocycles. The second kappa shape index (κ2) is 6.17. The van der Waals surface area contributed by atoms with Crippen molar-refractivity contribution in [1.82, 2.24) is 0 Å². The van der Waals surface area contributed by atoms with E-state index in [1.54, 1.807) is 0 Å². The Morgan fingerprint density at radius 2 is 2.11 bits per heavy atom. The van der Waals surface area contributed by atoms with Crippen molar-refractivity contribution in [1.29, 1.82) is 0 Å². The Morgan fingerprint density at radius 1 is 1.44 bits per heavy atom. The Labute approximate surface area is 62.5 Å². The molecule has 0 fully saturated rings. The Kier molecular flexibility index (Phi) is 6.21. The zero-order valence-electron chi connectivity index (χ0n) is 6.00. The number of hydrogen-bond acceptors (Lipinski definition) is 2. The SMILES string of the molecule is CC(C)OCC=CCS. The summed E-state index contributed by atoms with van der Waals surface area (Å²) >= 11 is 4.00. The number of ether oxygens (including phenoxy) is 1. The number of thiol groups is 1. The minimum Gasteiger partial charge on any atom is -0.375 e. The van der Waals surface area contributed by atoms with Crippen molar-refractivity contribution >= 4 is 12.6 Å². The highest BCUT2D eigenvalue weighted by Gasteiger charge is 1.86.